The molecule has 0 saturated carbocycles. The number of halogens is 1. The molecule has 1 aromatic carbocycles. The van der Waals surface area contributed by atoms with E-state index in [1.807, 2.05) is 6.92 Å². The second kappa shape index (κ2) is 6.87. The van der Waals surface area contributed by atoms with E-state index in [0.29, 0.717) is 6.54 Å². The van der Waals surface area contributed by atoms with Gasteiger partial charge in [-0.3, -0.25) is 0 Å². The Hall–Kier alpha value is -1.13. The molecule has 1 atom stereocenters. The molecule has 1 saturated heterocycles. The highest BCUT2D eigenvalue weighted by atomic mass is 19.1. The summed E-state index contributed by atoms with van der Waals surface area (Å²) in [7, 11) is 0. The molecule has 4 heteroatoms. The predicted molar refractivity (Wildman–Crippen MR) is 76.0 cm³/mol. The van der Waals surface area contributed by atoms with Gasteiger partial charge in [0, 0.05) is 31.9 Å². The van der Waals surface area contributed by atoms with Crippen molar-refractivity contribution < 1.29 is 9.13 Å². The summed E-state index contributed by atoms with van der Waals surface area (Å²) in [6, 6.07) is 5.29. The van der Waals surface area contributed by atoms with E-state index >= 15 is 0 Å². The summed E-state index contributed by atoms with van der Waals surface area (Å²) in [4.78, 5) is 2.22. The van der Waals surface area contributed by atoms with Gasteiger partial charge in [0.25, 0.3) is 0 Å². The monoisotopic (exact) mass is 266 g/mol. The van der Waals surface area contributed by atoms with E-state index in [1.165, 1.54) is 0 Å². The molecule has 1 aliphatic heterocycles. The van der Waals surface area contributed by atoms with Gasteiger partial charge in [0.2, 0.25) is 0 Å². The largest absolute Gasteiger partial charge is 0.377 e. The second-order valence-corrected chi connectivity index (χ2v) is 5.08. The molecule has 0 amide bonds. The summed E-state index contributed by atoms with van der Waals surface area (Å²) >= 11 is 0. The van der Waals surface area contributed by atoms with Gasteiger partial charge in [-0.25, -0.2) is 4.39 Å². The van der Waals surface area contributed by atoms with Gasteiger partial charge in [-0.1, -0.05) is 6.92 Å². The van der Waals surface area contributed by atoms with Crippen LogP contribution in [-0.2, 0) is 11.3 Å². The molecule has 1 unspecified atom stereocenters. The number of hydrogen-bond donors (Lipinski definition) is 1. The van der Waals surface area contributed by atoms with Crippen molar-refractivity contribution in [3.05, 3.63) is 29.6 Å². The molecule has 1 N–H and O–H groups in total. The van der Waals surface area contributed by atoms with Crippen LogP contribution in [-0.4, -0.2) is 32.3 Å². The summed E-state index contributed by atoms with van der Waals surface area (Å²) in [6.07, 6.45) is 1.19. The standard InChI is InChI=1S/C15H23FN2O/c1-3-17-10-13-7-14(16)9-15(8-13)18-5-4-6-19-12(2)11-18/h7-9,12,17H,3-6,10-11H2,1-2H3. The van der Waals surface area contributed by atoms with E-state index in [0.717, 1.165) is 43.9 Å². The van der Waals surface area contributed by atoms with Crippen molar-refractivity contribution in [2.45, 2.75) is 32.9 Å². The number of nitrogens with zero attached hydrogens (tertiary/aromatic N) is 1. The summed E-state index contributed by atoms with van der Waals surface area (Å²) in [5.74, 6) is -0.164. The summed E-state index contributed by atoms with van der Waals surface area (Å²) in [6.45, 7) is 8.25. The van der Waals surface area contributed by atoms with Crippen LogP contribution in [0.15, 0.2) is 18.2 Å². The minimum absolute atomic E-state index is 0.164. The zero-order valence-electron chi connectivity index (χ0n) is 11.8. The first-order valence-electron chi connectivity index (χ1n) is 7.05. The number of benzene rings is 1. The first-order chi connectivity index (χ1) is 9.19. The Labute approximate surface area is 114 Å². The Balaban J connectivity index is 2.15. The van der Waals surface area contributed by atoms with Crippen LogP contribution in [0.4, 0.5) is 10.1 Å². The molecular weight excluding hydrogens is 243 g/mol. The number of anilines is 1. The first kappa shape index (κ1) is 14.3. The molecule has 1 aliphatic rings. The first-order valence-corrected chi connectivity index (χ1v) is 7.05. The number of hydrogen-bond acceptors (Lipinski definition) is 3. The van der Waals surface area contributed by atoms with Crippen LogP contribution >= 0.6 is 0 Å². The maximum atomic E-state index is 13.7. The van der Waals surface area contributed by atoms with Crippen LogP contribution in [0.3, 0.4) is 0 Å². The number of ether oxygens (including phenoxy) is 1. The molecule has 0 aliphatic carbocycles. The van der Waals surface area contributed by atoms with E-state index in [1.54, 1.807) is 12.1 Å². The van der Waals surface area contributed by atoms with E-state index in [9.17, 15) is 4.39 Å². The molecule has 1 aromatic rings. The van der Waals surface area contributed by atoms with Gasteiger partial charge in [-0.05, 0) is 43.7 Å². The second-order valence-electron chi connectivity index (χ2n) is 5.08. The molecule has 1 fully saturated rings. The highest BCUT2D eigenvalue weighted by Crippen LogP contribution is 2.21. The molecule has 19 heavy (non-hydrogen) atoms. The Bertz CT molecular complexity index is 411. The van der Waals surface area contributed by atoms with Crippen molar-refractivity contribution in [3.8, 4) is 0 Å². The highest BCUT2D eigenvalue weighted by Gasteiger charge is 2.16. The highest BCUT2D eigenvalue weighted by molar-refractivity contribution is 5.49. The summed E-state index contributed by atoms with van der Waals surface area (Å²) < 4.78 is 19.4. The molecule has 0 radical (unpaired) electrons. The Morgan fingerprint density at radius 2 is 2.26 bits per heavy atom. The Kier molecular flexibility index (Phi) is 5.16. The molecular formula is C15H23FN2O. The summed E-state index contributed by atoms with van der Waals surface area (Å²) in [5.41, 5.74) is 1.96. The molecule has 106 valence electrons. The Morgan fingerprint density at radius 1 is 1.42 bits per heavy atom. The van der Waals surface area contributed by atoms with Gasteiger partial charge in [0.1, 0.15) is 5.82 Å². The number of rotatable bonds is 4. The molecule has 1 heterocycles. The topological polar surface area (TPSA) is 24.5 Å². The zero-order valence-corrected chi connectivity index (χ0v) is 11.8. The van der Waals surface area contributed by atoms with Crippen molar-refractivity contribution in [2.75, 3.05) is 31.1 Å². The van der Waals surface area contributed by atoms with Gasteiger partial charge in [0.15, 0.2) is 0 Å². The fourth-order valence-corrected chi connectivity index (χ4v) is 2.42. The van der Waals surface area contributed by atoms with Gasteiger partial charge in [-0.2, -0.15) is 0 Å². The minimum atomic E-state index is -0.164. The van der Waals surface area contributed by atoms with Crippen LogP contribution < -0.4 is 10.2 Å². The minimum Gasteiger partial charge on any atom is -0.377 e. The average molecular weight is 266 g/mol. The summed E-state index contributed by atoms with van der Waals surface area (Å²) in [5, 5.41) is 3.23. The lowest BCUT2D eigenvalue weighted by molar-refractivity contribution is 0.0821. The van der Waals surface area contributed by atoms with Gasteiger partial charge < -0.3 is 15.0 Å². The van der Waals surface area contributed by atoms with Crippen LogP contribution in [0.2, 0.25) is 0 Å². The van der Waals surface area contributed by atoms with Crippen molar-refractivity contribution >= 4 is 5.69 Å². The fourth-order valence-electron chi connectivity index (χ4n) is 2.42. The zero-order chi connectivity index (χ0) is 13.7. The van der Waals surface area contributed by atoms with Crippen LogP contribution in [0.1, 0.15) is 25.8 Å². The lowest BCUT2D eigenvalue weighted by atomic mass is 10.1. The molecule has 2 rings (SSSR count). The van der Waals surface area contributed by atoms with E-state index in [4.69, 9.17) is 4.74 Å². The third-order valence-electron chi connectivity index (χ3n) is 3.34. The molecule has 0 bridgehead atoms. The maximum Gasteiger partial charge on any atom is 0.125 e. The predicted octanol–water partition coefficient (Wildman–Crippen LogP) is 2.55. The molecule has 3 nitrogen and oxygen atoms in total. The van der Waals surface area contributed by atoms with Crippen molar-refractivity contribution in [1.29, 1.82) is 0 Å². The Morgan fingerprint density at radius 3 is 3.05 bits per heavy atom. The SMILES string of the molecule is CCNCc1cc(F)cc(N2CCCOC(C)C2)c1. The molecule has 0 spiro atoms. The normalized spacial score (nSPS) is 20.4. The van der Waals surface area contributed by atoms with Gasteiger partial charge >= 0.3 is 0 Å². The van der Waals surface area contributed by atoms with Crippen molar-refractivity contribution in [2.24, 2.45) is 0 Å². The van der Waals surface area contributed by atoms with E-state index in [2.05, 4.69) is 23.2 Å². The van der Waals surface area contributed by atoms with E-state index < -0.39 is 0 Å². The quantitative estimate of drug-likeness (QED) is 0.906. The average Bonchev–Trinajstić information content (AvgIpc) is 2.60. The number of nitrogens with one attached hydrogen (secondary N) is 1. The maximum absolute atomic E-state index is 13.7. The smallest absolute Gasteiger partial charge is 0.125 e. The molecule has 0 aromatic heterocycles. The third kappa shape index (κ3) is 4.18. The van der Waals surface area contributed by atoms with Crippen LogP contribution in [0, 0.1) is 5.82 Å². The lowest BCUT2D eigenvalue weighted by Crippen LogP contribution is -2.30. The van der Waals surface area contributed by atoms with Crippen LogP contribution in [0.25, 0.3) is 0 Å². The van der Waals surface area contributed by atoms with Gasteiger partial charge in [0.05, 0.1) is 6.10 Å². The third-order valence-corrected chi connectivity index (χ3v) is 3.34. The fraction of sp³-hybridized carbons (Fsp3) is 0.600. The lowest BCUT2D eigenvalue weighted by Gasteiger charge is -2.25. The van der Waals surface area contributed by atoms with E-state index in [-0.39, 0.29) is 11.9 Å². The van der Waals surface area contributed by atoms with Crippen molar-refractivity contribution in [1.82, 2.24) is 5.32 Å². The van der Waals surface area contributed by atoms with Gasteiger partial charge in [-0.15, -0.1) is 0 Å². The van der Waals surface area contributed by atoms with Crippen LogP contribution in [0.5, 0.6) is 0 Å². The van der Waals surface area contributed by atoms with Crippen molar-refractivity contribution in [3.63, 3.8) is 0 Å².